The number of rotatable bonds is 2. The summed E-state index contributed by atoms with van der Waals surface area (Å²) in [6.45, 7) is 3.31. The summed E-state index contributed by atoms with van der Waals surface area (Å²) in [6, 6.07) is 4.55. The third-order valence-corrected chi connectivity index (χ3v) is 4.07. The molecule has 3 nitrogen and oxygen atoms in total. The molecule has 1 aliphatic heterocycles. The molecule has 1 heterocycles. The van der Waals surface area contributed by atoms with Crippen molar-refractivity contribution in [3.8, 4) is 0 Å². The van der Waals surface area contributed by atoms with Crippen LogP contribution in [0.5, 0.6) is 0 Å². The maximum Gasteiger partial charge on any atom is 0.253 e. The van der Waals surface area contributed by atoms with Crippen LogP contribution in [0, 0.1) is 11.7 Å². The molecule has 6 heteroatoms. The van der Waals surface area contributed by atoms with Gasteiger partial charge in [-0.25, -0.2) is 4.39 Å². The van der Waals surface area contributed by atoms with Crippen molar-refractivity contribution in [2.24, 2.45) is 11.7 Å². The van der Waals surface area contributed by atoms with E-state index < -0.39 is 5.82 Å². The molecular formula is C13H17BrClFN2O. The summed E-state index contributed by atoms with van der Waals surface area (Å²) in [5.41, 5.74) is 6.23. The van der Waals surface area contributed by atoms with Crippen LogP contribution in [0.15, 0.2) is 22.7 Å². The standard InChI is InChI=1S/C13H16BrFN2O.ClH/c1-8(16)10-4-5-17(7-10)13(18)9-2-3-11(14)12(15)6-9;/h2-3,6,8,10H,4-5,7,16H2,1H3;1H. The van der Waals surface area contributed by atoms with E-state index in [0.29, 0.717) is 29.0 Å². The molecule has 0 aromatic heterocycles. The number of carbonyl (C=O) groups is 1. The highest BCUT2D eigenvalue weighted by Gasteiger charge is 2.29. The summed E-state index contributed by atoms with van der Waals surface area (Å²) in [4.78, 5) is 13.9. The monoisotopic (exact) mass is 350 g/mol. The Hall–Kier alpha value is -0.650. The van der Waals surface area contributed by atoms with Gasteiger partial charge >= 0.3 is 0 Å². The average molecular weight is 352 g/mol. The minimum atomic E-state index is -0.413. The van der Waals surface area contributed by atoms with E-state index in [4.69, 9.17) is 5.73 Å². The molecular weight excluding hydrogens is 335 g/mol. The lowest BCUT2D eigenvalue weighted by atomic mass is 10.0. The van der Waals surface area contributed by atoms with Gasteiger partial charge in [0.2, 0.25) is 0 Å². The Kier molecular flexibility index (Phi) is 5.77. The number of hydrogen-bond donors (Lipinski definition) is 1. The van der Waals surface area contributed by atoms with Crippen molar-refractivity contribution in [3.63, 3.8) is 0 Å². The van der Waals surface area contributed by atoms with Crippen LogP contribution < -0.4 is 5.73 Å². The molecule has 2 unspecified atom stereocenters. The molecule has 0 aliphatic carbocycles. The van der Waals surface area contributed by atoms with Crippen molar-refractivity contribution in [2.75, 3.05) is 13.1 Å². The molecule has 1 saturated heterocycles. The van der Waals surface area contributed by atoms with E-state index >= 15 is 0 Å². The summed E-state index contributed by atoms with van der Waals surface area (Å²) >= 11 is 3.07. The molecule has 1 aromatic carbocycles. The third-order valence-electron chi connectivity index (χ3n) is 3.42. The van der Waals surface area contributed by atoms with Crippen molar-refractivity contribution in [3.05, 3.63) is 34.1 Å². The molecule has 0 spiro atoms. The number of likely N-dealkylation sites (tertiary alicyclic amines) is 1. The maximum atomic E-state index is 13.4. The zero-order valence-electron chi connectivity index (χ0n) is 10.6. The molecule has 2 rings (SSSR count). The Morgan fingerprint density at radius 2 is 2.26 bits per heavy atom. The van der Waals surface area contributed by atoms with Gasteiger partial charge in [0, 0.05) is 24.7 Å². The molecule has 1 aromatic rings. The van der Waals surface area contributed by atoms with Crippen LogP contribution in [0.3, 0.4) is 0 Å². The first-order valence-electron chi connectivity index (χ1n) is 5.99. The number of nitrogens with two attached hydrogens (primary N) is 1. The quantitative estimate of drug-likeness (QED) is 0.890. The number of nitrogens with zero attached hydrogens (tertiary/aromatic N) is 1. The molecule has 1 fully saturated rings. The summed E-state index contributed by atoms with van der Waals surface area (Å²) in [7, 11) is 0. The second kappa shape index (κ2) is 6.68. The lowest BCUT2D eigenvalue weighted by molar-refractivity contribution is 0.0785. The van der Waals surface area contributed by atoms with Gasteiger partial charge in [-0.3, -0.25) is 4.79 Å². The van der Waals surface area contributed by atoms with Crippen LogP contribution in [0.1, 0.15) is 23.7 Å². The van der Waals surface area contributed by atoms with Gasteiger partial charge in [0.25, 0.3) is 5.91 Å². The smallest absolute Gasteiger partial charge is 0.253 e. The third kappa shape index (κ3) is 3.68. The first-order valence-corrected chi connectivity index (χ1v) is 6.78. The zero-order valence-corrected chi connectivity index (χ0v) is 13.0. The van der Waals surface area contributed by atoms with E-state index in [2.05, 4.69) is 15.9 Å². The largest absolute Gasteiger partial charge is 0.338 e. The molecule has 1 aliphatic rings. The van der Waals surface area contributed by atoms with Gasteiger partial charge in [-0.15, -0.1) is 12.4 Å². The van der Waals surface area contributed by atoms with Gasteiger partial charge in [-0.05, 0) is 53.4 Å². The van der Waals surface area contributed by atoms with Crippen LogP contribution in [0.2, 0.25) is 0 Å². The Labute approximate surface area is 126 Å². The van der Waals surface area contributed by atoms with Gasteiger partial charge in [0.05, 0.1) is 4.47 Å². The fourth-order valence-corrected chi connectivity index (χ4v) is 2.46. The van der Waals surface area contributed by atoms with Crippen molar-refractivity contribution >= 4 is 34.2 Å². The number of halogens is 3. The van der Waals surface area contributed by atoms with Crippen molar-refractivity contribution in [2.45, 2.75) is 19.4 Å². The van der Waals surface area contributed by atoms with E-state index in [9.17, 15) is 9.18 Å². The second-order valence-electron chi connectivity index (χ2n) is 4.79. The molecule has 106 valence electrons. The minimum absolute atomic E-state index is 0. The summed E-state index contributed by atoms with van der Waals surface area (Å²) in [6.07, 6.45) is 0.919. The Morgan fingerprint density at radius 3 is 2.79 bits per heavy atom. The molecule has 2 atom stereocenters. The Balaban J connectivity index is 0.00000180. The highest BCUT2D eigenvalue weighted by Crippen LogP contribution is 2.22. The van der Waals surface area contributed by atoms with Crippen molar-refractivity contribution in [1.82, 2.24) is 4.90 Å². The van der Waals surface area contributed by atoms with E-state index in [0.717, 1.165) is 6.42 Å². The zero-order chi connectivity index (χ0) is 13.3. The second-order valence-corrected chi connectivity index (χ2v) is 5.64. The normalized spacial score (nSPS) is 20.0. The fourth-order valence-electron chi connectivity index (χ4n) is 2.21. The summed E-state index contributed by atoms with van der Waals surface area (Å²) in [5.74, 6) is -0.192. The molecule has 1 amide bonds. The Morgan fingerprint density at radius 1 is 1.58 bits per heavy atom. The first kappa shape index (κ1) is 16.4. The molecule has 2 N–H and O–H groups in total. The van der Waals surface area contributed by atoms with E-state index in [1.807, 2.05) is 6.92 Å². The van der Waals surface area contributed by atoms with Crippen LogP contribution in [0.4, 0.5) is 4.39 Å². The van der Waals surface area contributed by atoms with Gasteiger partial charge < -0.3 is 10.6 Å². The SMILES string of the molecule is CC(N)C1CCN(C(=O)c2ccc(Br)c(F)c2)C1.Cl. The van der Waals surface area contributed by atoms with Crippen molar-refractivity contribution in [1.29, 1.82) is 0 Å². The summed E-state index contributed by atoms with van der Waals surface area (Å²) < 4.78 is 13.8. The van der Waals surface area contributed by atoms with E-state index in [1.54, 1.807) is 17.0 Å². The average Bonchev–Trinajstić information content (AvgIpc) is 2.81. The van der Waals surface area contributed by atoms with E-state index in [1.165, 1.54) is 6.07 Å². The minimum Gasteiger partial charge on any atom is -0.338 e. The van der Waals surface area contributed by atoms with Crippen LogP contribution in [0.25, 0.3) is 0 Å². The first-order chi connectivity index (χ1) is 8.49. The fraction of sp³-hybridized carbons (Fsp3) is 0.462. The number of amides is 1. The lowest BCUT2D eigenvalue weighted by Gasteiger charge is -2.18. The van der Waals surface area contributed by atoms with Crippen molar-refractivity contribution < 1.29 is 9.18 Å². The highest BCUT2D eigenvalue weighted by molar-refractivity contribution is 9.10. The number of benzene rings is 1. The number of carbonyl (C=O) groups excluding carboxylic acids is 1. The van der Waals surface area contributed by atoms with Gasteiger partial charge in [0.1, 0.15) is 5.82 Å². The van der Waals surface area contributed by atoms with E-state index in [-0.39, 0.29) is 24.4 Å². The molecule has 19 heavy (non-hydrogen) atoms. The Bertz CT molecular complexity index is 470. The highest BCUT2D eigenvalue weighted by atomic mass is 79.9. The predicted molar refractivity (Wildman–Crippen MR) is 79.0 cm³/mol. The molecule has 0 saturated carbocycles. The van der Waals surface area contributed by atoms with Gasteiger partial charge in [-0.1, -0.05) is 0 Å². The lowest BCUT2D eigenvalue weighted by Crippen LogP contribution is -2.33. The number of hydrogen-bond acceptors (Lipinski definition) is 2. The van der Waals surface area contributed by atoms with Crippen LogP contribution in [-0.2, 0) is 0 Å². The van der Waals surface area contributed by atoms with Gasteiger partial charge in [0.15, 0.2) is 0 Å². The predicted octanol–water partition coefficient (Wildman–Crippen LogP) is 2.82. The van der Waals surface area contributed by atoms with Crippen LogP contribution in [-0.4, -0.2) is 29.9 Å². The topological polar surface area (TPSA) is 46.3 Å². The maximum absolute atomic E-state index is 13.4. The molecule has 0 radical (unpaired) electrons. The molecule has 0 bridgehead atoms. The summed E-state index contributed by atoms with van der Waals surface area (Å²) in [5, 5.41) is 0. The van der Waals surface area contributed by atoms with Gasteiger partial charge in [-0.2, -0.15) is 0 Å². The van der Waals surface area contributed by atoms with Crippen LogP contribution >= 0.6 is 28.3 Å².